The molecule has 0 amide bonds. The SMILES string of the molecule is CC(C)(C)N1CC(C(C)(C)C)(C(C)(C)C)c2c1ccc(F)c2Cl. The van der Waals surface area contributed by atoms with Crippen LogP contribution in [-0.4, -0.2) is 12.1 Å². The van der Waals surface area contributed by atoms with Gasteiger partial charge in [-0.3, -0.25) is 0 Å². The fraction of sp³-hybridized carbons (Fsp3) is 0.700. The van der Waals surface area contributed by atoms with Crippen molar-refractivity contribution in [2.75, 3.05) is 11.4 Å². The fourth-order valence-electron chi connectivity index (χ4n) is 4.52. The predicted molar refractivity (Wildman–Crippen MR) is 99.1 cm³/mol. The summed E-state index contributed by atoms with van der Waals surface area (Å²) in [6.07, 6.45) is 0. The molecule has 130 valence electrons. The molecule has 0 N–H and O–H groups in total. The Balaban J connectivity index is 2.92. The first-order valence-electron chi connectivity index (χ1n) is 8.41. The smallest absolute Gasteiger partial charge is 0.142 e. The lowest BCUT2D eigenvalue weighted by molar-refractivity contribution is 0.0634. The van der Waals surface area contributed by atoms with Gasteiger partial charge in [-0.2, -0.15) is 0 Å². The highest BCUT2D eigenvalue weighted by Gasteiger charge is 2.59. The molecule has 0 bridgehead atoms. The molecule has 1 aromatic rings. The molecule has 23 heavy (non-hydrogen) atoms. The number of nitrogens with zero attached hydrogens (tertiary/aromatic N) is 1. The Labute approximate surface area is 146 Å². The third-order valence-electron chi connectivity index (χ3n) is 5.56. The van der Waals surface area contributed by atoms with E-state index in [4.69, 9.17) is 11.6 Å². The molecule has 0 saturated carbocycles. The van der Waals surface area contributed by atoms with Crippen molar-refractivity contribution in [1.29, 1.82) is 0 Å². The zero-order valence-electron chi connectivity index (χ0n) is 16.1. The number of hydrogen-bond acceptors (Lipinski definition) is 1. The largest absolute Gasteiger partial charge is 0.365 e. The van der Waals surface area contributed by atoms with E-state index in [1.807, 2.05) is 6.07 Å². The molecule has 3 heteroatoms. The van der Waals surface area contributed by atoms with Gasteiger partial charge in [0.1, 0.15) is 5.82 Å². The van der Waals surface area contributed by atoms with Crippen molar-refractivity contribution >= 4 is 17.3 Å². The summed E-state index contributed by atoms with van der Waals surface area (Å²) in [4.78, 5) is 2.39. The lowest BCUT2D eigenvalue weighted by Gasteiger charge is -2.53. The third-order valence-corrected chi connectivity index (χ3v) is 5.93. The predicted octanol–water partition coefficient (Wildman–Crippen LogP) is 6.43. The molecule has 0 atom stereocenters. The summed E-state index contributed by atoms with van der Waals surface area (Å²) >= 11 is 6.55. The number of hydrogen-bond donors (Lipinski definition) is 0. The van der Waals surface area contributed by atoms with Crippen molar-refractivity contribution in [2.24, 2.45) is 10.8 Å². The highest BCUT2D eigenvalue weighted by Crippen LogP contribution is 2.62. The topological polar surface area (TPSA) is 3.24 Å². The molecule has 0 spiro atoms. The molecule has 2 rings (SSSR count). The van der Waals surface area contributed by atoms with Crippen molar-refractivity contribution in [3.05, 3.63) is 28.5 Å². The molecule has 0 fully saturated rings. The molecule has 1 heterocycles. The minimum absolute atomic E-state index is 0.0475. The van der Waals surface area contributed by atoms with E-state index >= 15 is 0 Å². The van der Waals surface area contributed by atoms with E-state index < -0.39 is 0 Å². The van der Waals surface area contributed by atoms with Crippen LogP contribution in [0.15, 0.2) is 12.1 Å². The highest BCUT2D eigenvalue weighted by atomic mass is 35.5. The number of halogens is 2. The van der Waals surface area contributed by atoms with Crippen molar-refractivity contribution in [3.8, 4) is 0 Å². The molecule has 1 nitrogen and oxygen atoms in total. The maximum atomic E-state index is 14.4. The Kier molecular flexibility index (Phi) is 4.13. The second-order valence-electron chi connectivity index (χ2n) is 9.92. The van der Waals surface area contributed by atoms with Crippen LogP contribution in [-0.2, 0) is 5.41 Å². The van der Waals surface area contributed by atoms with Gasteiger partial charge in [0.05, 0.1) is 5.02 Å². The first-order valence-corrected chi connectivity index (χ1v) is 8.78. The van der Waals surface area contributed by atoms with Crippen LogP contribution in [0.2, 0.25) is 5.02 Å². The molecule has 1 aliphatic rings. The minimum Gasteiger partial charge on any atom is -0.365 e. The van der Waals surface area contributed by atoms with Gasteiger partial charge in [0.15, 0.2) is 0 Å². The van der Waals surface area contributed by atoms with Crippen LogP contribution in [0.25, 0.3) is 0 Å². The van der Waals surface area contributed by atoms with Crippen LogP contribution < -0.4 is 4.90 Å². The van der Waals surface area contributed by atoms with E-state index in [-0.39, 0.29) is 27.6 Å². The van der Waals surface area contributed by atoms with Crippen molar-refractivity contribution in [1.82, 2.24) is 0 Å². The lowest BCUT2D eigenvalue weighted by atomic mass is 9.52. The standard InChI is InChI=1S/C20H31ClFN/c1-17(2,3)20(18(4,5)6)12-23(19(7,8)9)14-11-10-13(22)16(21)15(14)20/h10-11H,12H2,1-9H3. The van der Waals surface area contributed by atoms with Gasteiger partial charge >= 0.3 is 0 Å². The lowest BCUT2D eigenvalue weighted by Crippen LogP contribution is -2.55. The molecule has 0 aliphatic carbocycles. The van der Waals surface area contributed by atoms with Crippen LogP contribution in [0.4, 0.5) is 10.1 Å². The highest BCUT2D eigenvalue weighted by molar-refractivity contribution is 6.32. The van der Waals surface area contributed by atoms with Crippen LogP contribution in [0.3, 0.4) is 0 Å². The average molecular weight is 340 g/mol. The molecular weight excluding hydrogens is 309 g/mol. The van der Waals surface area contributed by atoms with E-state index in [0.717, 1.165) is 17.8 Å². The number of fused-ring (bicyclic) bond motifs is 1. The average Bonchev–Trinajstić information content (AvgIpc) is 2.69. The zero-order chi connectivity index (χ0) is 18.0. The summed E-state index contributed by atoms with van der Waals surface area (Å²) in [6.45, 7) is 20.9. The first-order chi connectivity index (χ1) is 10.1. The summed E-state index contributed by atoms with van der Waals surface area (Å²) in [5.74, 6) is -0.320. The second-order valence-corrected chi connectivity index (χ2v) is 10.3. The molecule has 1 aromatic carbocycles. The van der Waals surface area contributed by atoms with Gasteiger partial charge in [-0.15, -0.1) is 0 Å². The van der Waals surface area contributed by atoms with Crippen molar-refractivity contribution in [3.63, 3.8) is 0 Å². The zero-order valence-corrected chi connectivity index (χ0v) is 16.8. The summed E-state index contributed by atoms with van der Waals surface area (Å²) in [5.41, 5.74) is 1.66. The van der Waals surface area contributed by atoms with Crippen molar-refractivity contribution in [2.45, 2.75) is 73.3 Å². The third kappa shape index (κ3) is 2.58. The van der Waals surface area contributed by atoms with Crippen molar-refractivity contribution < 1.29 is 4.39 Å². The molecule has 0 aromatic heterocycles. The van der Waals surface area contributed by atoms with Crippen LogP contribution in [0.5, 0.6) is 0 Å². The Morgan fingerprint density at radius 2 is 1.43 bits per heavy atom. The van der Waals surface area contributed by atoms with Gasteiger partial charge in [0.2, 0.25) is 0 Å². The van der Waals surface area contributed by atoms with Gasteiger partial charge in [-0.05, 0) is 43.7 Å². The molecule has 0 unspecified atom stereocenters. The molecule has 1 aliphatic heterocycles. The van der Waals surface area contributed by atoms with E-state index in [2.05, 4.69) is 67.2 Å². The molecule has 0 radical (unpaired) electrons. The maximum Gasteiger partial charge on any atom is 0.142 e. The van der Waals surface area contributed by atoms with Crippen LogP contribution in [0, 0.1) is 16.6 Å². The van der Waals surface area contributed by atoms with Gasteiger partial charge in [-0.1, -0.05) is 53.1 Å². The quantitative estimate of drug-likeness (QED) is 0.526. The number of rotatable bonds is 0. The van der Waals surface area contributed by atoms with E-state index in [9.17, 15) is 4.39 Å². The maximum absolute atomic E-state index is 14.4. The van der Waals surface area contributed by atoms with E-state index in [0.29, 0.717) is 5.02 Å². The van der Waals surface area contributed by atoms with E-state index in [1.54, 1.807) is 0 Å². The van der Waals surface area contributed by atoms with E-state index in [1.165, 1.54) is 6.07 Å². The van der Waals surface area contributed by atoms with Gasteiger partial charge in [0, 0.05) is 28.7 Å². The van der Waals surface area contributed by atoms with Crippen LogP contribution in [0.1, 0.15) is 67.9 Å². The Bertz CT molecular complexity index is 600. The number of benzene rings is 1. The summed E-state index contributed by atoms with van der Waals surface area (Å²) in [5, 5.41) is 0.291. The summed E-state index contributed by atoms with van der Waals surface area (Å²) in [6, 6.07) is 3.41. The van der Waals surface area contributed by atoms with Gasteiger partial charge in [0.25, 0.3) is 0 Å². The Morgan fingerprint density at radius 3 is 1.83 bits per heavy atom. The summed E-state index contributed by atoms with van der Waals surface area (Å²) in [7, 11) is 0. The monoisotopic (exact) mass is 339 g/mol. The minimum atomic E-state index is -0.320. The summed E-state index contributed by atoms with van der Waals surface area (Å²) < 4.78 is 14.4. The first kappa shape index (κ1) is 18.6. The van der Waals surface area contributed by atoms with Crippen LogP contribution >= 0.6 is 11.6 Å². The Morgan fingerprint density at radius 1 is 0.957 bits per heavy atom. The molecular formula is C20H31ClFN. The normalized spacial score (nSPS) is 18.3. The Hall–Kier alpha value is -0.760. The van der Waals surface area contributed by atoms with Gasteiger partial charge < -0.3 is 4.90 Å². The fourth-order valence-corrected chi connectivity index (χ4v) is 4.84. The number of anilines is 1. The van der Waals surface area contributed by atoms with Gasteiger partial charge in [-0.25, -0.2) is 4.39 Å². The molecule has 0 saturated heterocycles. The second kappa shape index (κ2) is 5.12.